The van der Waals surface area contributed by atoms with Gasteiger partial charge in [-0.15, -0.1) is 0 Å². The van der Waals surface area contributed by atoms with Crippen LogP contribution < -0.4 is 5.32 Å². The maximum Gasteiger partial charge on any atom is 0.220 e. The largest absolute Gasteiger partial charge is 0.394 e. The average Bonchev–Trinajstić information content (AvgIpc) is 3.22. The monoisotopic (exact) mass is 826 g/mol. The highest BCUT2D eigenvalue weighted by molar-refractivity contribution is 5.76. The van der Waals surface area contributed by atoms with Gasteiger partial charge in [0.2, 0.25) is 5.91 Å². The molecule has 6 N–H and O–H groups in total. The first-order valence-corrected chi connectivity index (χ1v) is 24.9. The molecule has 0 aromatic heterocycles. The number of carbonyl (C=O) groups excluding carboxylic acids is 1. The zero-order valence-electron chi connectivity index (χ0n) is 37.8. The van der Waals surface area contributed by atoms with E-state index >= 15 is 0 Å². The topological polar surface area (TPSA) is 149 Å². The van der Waals surface area contributed by atoms with Crippen LogP contribution in [0.15, 0.2) is 12.2 Å². The molecule has 9 nitrogen and oxygen atoms in total. The number of ether oxygens (including phenoxy) is 2. The van der Waals surface area contributed by atoms with Crippen molar-refractivity contribution in [2.45, 2.75) is 281 Å². The fourth-order valence-electron chi connectivity index (χ4n) is 8.10. The van der Waals surface area contributed by atoms with Gasteiger partial charge in [0.25, 0.3) is 0 Å². The third-order valence-corrected chi connectivity index (χ3v) is 12.1. The summed E-state index contributed by atoms with van der Waals surface area (Å²) in [5.74, 6) is -0.175. The van der Waals surface area contributed by atoms with E-state index in [1.54, 1.807) is 6.08 Å². The van der Waals surface area contributed by atoms with Gasteiger partial charge in [-0.2, -0.15) is 0 Å². The Balaban J connectivity index is 2.26. The van der Waals surface area contributed by atoms with Crippen LogP contribution in [-0.2, 0) is 14.3 Å². The van der Waals surface area contributed by atoms with E-state index in [4.69, 9.17) is 9.47 Å². The number of aliphatic hydroxyl groups is 5. The predicted molar refractivity (Wildman–Crippen MR) is 240 cm³/mol. The molecule has 9 heteroatoms. The number of allylic oxidation sites excluding steroid dienone is 1. The number of nitrogens with one attached hydrogen (secondary N) is 1. The van der Waals surface area contributed by atoms with E-state index in [2.05, 4.69) is 19.2 Å². The van der Waals surface area contributed by atoms with Crippen molar-refractivity contribution in [3.8, 4) is 0 Å². The summed E-state index contributed by atoms with van der Waals surface area (Å²) in [7, 11) is 0. The van der Waals surface area contributed by atoms with E-state index < -0.39 is 49.5 Å². The van der Waals surface area contributed by atoms with E-state index in [-0.39, 0.29) is 12.5 Å². The lowest BCUT2D eigenvalue weighted by Gasteiger charge is -2.40. The Morgan fingerprint density at radius 2 is 0.948 bits per heavy atom. The molecular formula is C49H95NO8. The molecule has 0 radical (unpaired) electrons. The van der Waals surface area contributed by atoms with Crippen molar-refractivity contribution in [3.05, 3.63) is 12.2 Å². The molecule has 1 aliphatic rings. The summed E-state index contributed by atoms with van der Waals surface area (Å²) in [5.41, 5.74) is 0. The molecule has 1 aliphatic heterocycles. The standard InChI is InChI=1S/C49H95NO8/c1-3-5-7-9-11-13-15-17-18-19-20-21-22-23-24-25-26-27-28-30-32-34-36-38-43(52)42(41-57-49-48(56)47(55)46(54)44(40-51)58-49)50-45(53)39-37-35-33-31-29-16-14-12-10-8-6-4-2/h36,38,42-44,46-49,51-52,54-56H,3-35,37,39-41H2,1-2H3,(H,50,53)/b38-36+. The minimum absolute atomic E-state index is 0.175. The Labute approximate surface area is 356 Å². The summed E-state index contributed by atoms with van der Waals surface area (Å²) in [4.78, 5) is 12.9. The fourth-order valence-corrected chi connectivity index (χ4v) is 8.10. The fraction of sp³-hybridized carbons (Fsp3) is 0.939. The zero-order valence-corrected chi connectivity index (χ0v) is 37.8. The van der Waals surface area contributed by atoms with Crippen molar-refractivity contribution in [2.24, 2.45) is 0 Å². The van der Waals surface area contributed by atoms with E-state index in [9.17, 15) is 30.3 Å². The Morgan fingerprint density at radius 1 is 0.569 bits per heavy atom. The quantitative estimate of drug-likeness (QED) is 0.0263. The van der Waals surface area contributed by atoms with Crippen molar-refractivity contribution in [2.75, 3.05) is 13.2 Å². The van der Waals surface area contributed by atoms with Gasteiger partial charge in [0.1, 0.15) is 24.4 Å². The van der Waals surface area contributed by atoms with E-state index in [0.29, 0.717) is 6.42 Å². The Morgan fingerprint density at radius 3 is 1.34 bits per heavy atom. The lowest BCUT2D eigenvalue weighted by molar-refractivity contribution is -0.302. The summed E-state index contributed by atoms with van der Waals surface area (Å²) < 4.78 is 11.2. The van der Waals surface area contributed by atoms with Gasteiger partial charge >= 0.3 is 0 Å². The number of unbranched alkanes of at least 4 members (excludes halogenated alkanes) is 32. The second-order valence-corrected chi connectivity index (χ2v) is 17.6. The highest BCUT2D eigenvalue weighted by Gasteiger charge is 2.44. The molecule has 1 heterocycles. The molecule has 1 rings (SSSR count). The Bertz CT molecular complexity index is 919. The third-order valence-electron chi connectivity index (χ3n) is 12.1. The summed E-state index contributed by atoms with van der Waals surface area (Å²) in [5, 5.41) is 54.2. The van der Waals surface area contributed by atoms with Gasteiger partial charge in [-0.1, -0.05) is 225 Å². The first-order chi connectivity index (χ1) is 28.3. The van der Waals surface area contributed by atoms with Crippen LogP contribution in [0.25, 0.3) is 0 Å². The molecule has 0 saturated carbocycles. The lowest BCUT2D eigenvalue weighted by Crippen LogP contribution is -2.60. The second kappa shape index (κ2) is 40.0. The number of carbonyl (C=O) groups is 1. The van der Waals surface area contributed by atoms with Gasteiger partial charge in [-0.05, 0) is 19.3 Å². The van der Waals surface area contributed by atoms with E-state index in [0.717, 1.165) is 38.5 Å². The first kappa shape index (κ1) is 54.9. The normalized spacial score (nSPS) is 20.8. The highest BCUT2D eigenvalue weighted by Crippen LogP contribution is 2.23. The van der Waals surface area contributed by atoms with Crippen LogP contribution in [0.4, 0.5) is 0 Å². The maximum absolute atomic E-state index is 12.9. The minimum atomic E-state index is -1.56. The number of rotatable bonds is 42. The molecule has 0 bridgehead atoms. The summed E-state index contributed by atoms with van der Waals surface area (Å²) >= 11 is 0. The number of amides is 1. The number of aliphatic hydroxyl groups excluding tert-OH is 5. The Kier molecular flexibility index (Phi) is 37.9. The molecule has 7 unspecified atom stereocenters. The van der Waals surface area contributed by atoms with E-state index in [1.165, 1.54) is 180 Å². The molecule has 0 spiro atoms. The van der Waals surface area contributed by atoms with Crippen LogP contribution >= 0.6 is 0 Å². The molecule has 1 saturated heterocycles. The van der Waals surface area contributed by atoms with Crippen molar-refractivity contribution in [1.29, 1.82) is 0 Å². The van der Waals surface area contributed by atoms with Gasteiger partial charge < -0.3 is 40.3 Å². The van der Waals surface area contributed by atoms with Crippen LogP contribution in [0.2, 0.25) is 0 Å². The Hall–Kier alpha value is -1.07. The van der Waals surface area contributed by atoms with Crippen LogP contribution in [0.5, 0.6) is 0 Å². The van der Waals surface area contributed by atoms with Gasteiger partial charge in [-0.3, -0.25) is 4.79 Å². The molecule has 58 heavy (non-hydrogen) atoms. The van der Waals surface area contributed by atoms with Gasteiger partial charge in [0.15, 0.2) is 6.29 Å². The smallest absolute Gasteiger partial charge is 0.220 e. The van der Waals surface area contributed by atoms with Gasteiger partial charge in [0.05, 0.1) is 25.4 Å². The van der Waals surface area contributed by atoms with Crippen molar-refractivity contribution in [3.63, 3.8) is 0 Å². The first-order valence-electron chi connectivity index (χ1n) is 24.9. The molecule has 0 aromatic rings. The summed E-state index contributed by atoms with van der Waals surface area (Å²) in [6.45, 7) is 3.79. The lowest BCUT2D eigenvalue weighted by atomic mass is 9.99. The molecule has 1 amide bonds. The molecular weight excluding hydrogens is 731 g/mol. The predicted octanol–water partition coefficient (Wildman–Crippen LogP) is 10.9. The highest BCUT2D eigenvalue weighted by atomic mass is 16.7. The van der Waals surface area contributed by atoms with Crippen LogP contribution in [-0.4, -0.2) is 87.5 Å². The second-order valence-electron chi connectivity index (χ2n) is 17.6. The third kappa shape index (κ3) is 30.0. The SMILES string of the molecule is CCCCCCCCCCCCCCCCCCCCCCC/C=C/C(O)C(COC1OC(CO)C(O)C(O)C1O)NC(=O)CCCCCCCCCCCCCC. The minimum Gasteiger partial charge on any atom is -0.394 e. The van der Waals surface area contributed by atoms with Gasteiger partial charge in [-0.25, -0.2) is 0 Å². The molecule has 1 fully saturated rings. The van der Waals surface area contributed by atoms with Crippen LogP contribution in [0.3, 0.4) is 0 Å². The van der Waals surface area contributed by atoms with Crippen molar-refractivity contribution >= 4 is 5.91 Å². The average molecular weight is 826 g/mol. The van der Waals surface area contributed by atoms with Crippen LogP contribution in [0.1, 0.15) is 239 Å². The molecule has 7 atom stereocenters. The molecule has 344 valence electrons. The zero-order chi connectivity index (χ0) is 42.3. The maximum atomic E-state index is 12.9. The number of hydrogen-bond acceptors (Lipinski definition) is 8. The van der Waals surface area contributed by atoms with Crippen molar-refractivity contribution in [1.82, 2.24) is 5.32 Å². The number of hydrogen-bond donors (Lipinski definition) is 6. The summed E-state index contributed by atoms with van der Waals surface area (Å²) in [6.07, 6.45) is 39.8. The molecule has 0 aromatic carbocycles. The van der Waals surface area contributed by atoms with Crippen LogP contribution in [0, 0.1) is 0 Å². The summed E-state index contributed by atoms with van der Waals surface area (Å²) in [6, 6.07) is -0.798. The van der Waals surface area contributed by atoms with E-state index in [1.807, 2.05) is 6.08 Å². The molecule has 0 aliphatic carbocycles. The van der Waals surface area contributed by atoms with Crippen molar-refractivity contribution < 1.29 is 39.8 Å². The van der Waals surface area contributed by atoms with Gasteiger partial charge in [0, 0.05) is 6.42 Å².